The third-order valence-electron chi connectivity index (χ3n) is 4.73. The Balaban J connectivity index is 1.49. The fourth-order valence-corrected chi connectivity index (χ4v) is 3.15. The van der Waals surface area contributed by atoms with E-state index < -0.39 is 37.3 Å². The Bertz CT molecular complexity index is 860. The summed E-state index contributed by atoms with van der Waals surface area (Å²) in [7, 11) is 0. The number of aliphatic hydroxyl groups excluding tert-OH is 3. The highest BCUT2D eigenvalue weighted by Crippen LogP contribution is 2.37. The molecule has 2 aliphatic heterocycles. The third kappa shape index (κ3) is 3.28. The molecule has 1 fully saturated rings. The number of imidazole rings is 1. The van der Waals surface area contributed by atoms with Gasteiger partial charge in [-0.25, -0.2) is 19.4 Å². The maximum atomic E-state index is 13.0. The molecule has 0 spiro atoms. The van der Waals surface area contributed by atoms with Crippen molar-refractivity contribution in [3.8, 4) is 0 Å². The second-order valence-corrected chi connectivity index (χ2v) is 6.54. The van der Waals surface area contributed by atoms with Crippen LogP contribution in [-0.2, 0) is 16.2 Å². The number of fused-ring (bicyclic) bond motifs is 1. The lowest BCUT2D eigenvalue weighted by atomic mass is 10.1. The lowest BCUT2D eigenvalue weighted by Crippen LogP contribution is -2.36. The van der Waals surface area contributed by atoms with E-state index in [-0.39, 0.29) is 12.4 Å². The summed E-state index contributed by atoms with van der Waals surface area (Å²) in [4.78, 5) is 14.1. The molecule has 1 aromatic carbocycles. The van der Waals surface area contributed by atoms with Gasteiger partial charge >= 0.3 is 0 Å². The first-order chi connectivity index (χ1) is 13.5. The Morgan fingerprint density at radius 1 is 1.21 bits per heavy atom. The molecule has 2 aromatic rings. The minimum Gasteiger partial charge on any atom is -0.394 e. The Labute approximate surface area is 159 Å². The van der Waals surface area contributed by atoms with Gasteiger partial charge in [0.1, 0.15) is 42.8 Å². The number of aliphatic hydroxyl groups is 3. The summed E-state index contributed by atoms with van der Waals surface area (Å²) < 4.78 is 19.9. The molecule has 3 unspecified atom stereocenters. The number of benzene rings is 1. The highest BCUT2D eigenvalue weighted by atomic mass is 19.1. The number of hydroxylamine groups is 2. The average Bonchev–Trinajstić information content (AvgIpc) is 3.24. The predicted molar refractivity (Wildman–Crippen MR) is 93.3 cm³/mol. The first-order valence-electron chi connectivity index (χ1n) is 8.64. The Hall–Kier alpha value is -2.41. The molecule has 1 saturated heterocycles. The van der Waals surface area contributed by atoms with Crippen LogP contribution in [0.5, 0.6) is 0 Å². The standard InChI is InChI=1S/C17H20FN5O5/c18-10-3-1-9(2-4-10)6-27-23-8-21-16-12(15(23)19)20-7-22(16)17-14(26)13(25)11(5-24)28-17/h1-4,7-8,11,13-15,17,24-26H,5-6,19H2/t11-,13?,14?,15?,17-/m1/s1. The second kappa shape index (κ2) is 7.54. The molecule has 5 N–H and O–H groups in total. The van der Waals surface area contributed by atoms with E-state index in [0.29, 0.717) is 11.5 Å². The Kier molecular flexibility index (Phi) is 5.10. The van der Waals surface area contributed by atoms with Gasteiger partial charge in [0.2, 0.25) is 0 Å². The number of halogens is 1. The van der Waals surface area contributed by atoms with Gasteiger partial charge in [0.05, 0.1) is 12.9 Å². The summed E-state index contributed by atoms with van der Waals surface area (Å²) in [6, 6.07) is 5.88. The van der Waals surface area contributed by atoms with E-state index >= 15 is 0 Å². The summed E-state index contributed by atoms with van der Waals surface area (Å²) >= 11 is 0. The van der Waals surface area contributed by atoms with Crippen LogP contribution in [0.25, 0.3) is 0 Å². The molecule has 11 heteroatoms. The van der Waals surface area contributed by atoms with Crippen LogP contribution in [0.15, 0.2) is 35.6 Å². The van der Waals surface area contributed by atoms with E-state index in [0.717, 1.165) is 5.56 Å². The summed E-state index contributed by atoms with van der Waals surface area (Å²) in [5, 5.41) is 30.7. The van der Waals surface area contributed by atoms with Crippen LogP contribution in [0.3, 0.4) is 0 Å². The first kappa shape index (κ1) is 18.9. The zero-order valence-electron chi connectivity index (χ0n) is 14.7. The van der Waals surface area contributed by atoms with Gasteiger partial charge in [-0.3, -0.25) is 9.40 Å². The minimum atomic E-state index is -1.25. The normalized spacial score (nSPS) is 29.3. The number of nitrogens with zero attached hydrogens (tertiary/aromatic N) is 4. The number of ether oxygens (including phenoxy) is 1. The van der Waals surface area contributed by atoms with Gasteiger partial charge in [0.25, 0.3) is 0 Å². The van der Waals surface area contributed by atoms with Gasteiger partial charge in [-0.1, -0.05) is 12.1 Å². The number of aliphatic imine (C=N–C) groups is 1. The first-order valence-corrected chi connectivity index (χ1v) is 8.64. The molecule has 0 saturated carbocycles. The van der Waals surface area contributed by atoms with Crippen LogP contribution in [-0.4, -0.2) is 61.2 Å². The molecule has 28 heavy (non-hydrogen) atoms. The van der Waals surface area contributed by atoms with Crippen LogP contribution in [0.4, 0.5) is 10.2 Å². The van der Waals surface area contributed by atoms with Crippen molar-refractivity contribution in [3.05, 3.63) is 47.7 Å². The monoisotopic (exact) mass is 393 g/mol. The fourth-order valence-electron chi connectivity index (χ4n) is 3.15. The van der Waals surface area contributed by atoms with Crippen molar-refractivity contribution in [2.24, 2.45) is 10.7 Å². The molecule has 2 aliphatic rings. The summed E-state index contributed by atoms with van der Waals surface area (Å²) in [6.07, 6.45) is -2.36. The maximum absolute atomic E-state index is 13.0. The molecule has 150 valence electrons. The van der Waals surface area contributed by atoms with Crippen molar-refractivity contribution >= 4 is 12.2 Å². The topological polar surface area (TPSA) is 139 Å². The molecule has 5 atom stereocenters. The molecule has 3 heterocycles. The van der Waals surface area contributed by atoms with Crippen molar-refractivity contribution in [2.45, 2.75) is 37.3 Å². The lowest BCUT2D eigenvalue weighted by Gasteiger charge is -2.28. The van der Waals surface area contributed by atoms with Crippen LogP contribution in [0.1, 0.15) is 23.7 Å². The predicted octanol–water partition coefficient (Wildman–Crippen LogP) is -0.302. The maximum Gasteiger partial charge on any atom is 0.165 e. The SMILES string of the molecule is NC1c2ncn([C@@H]3O[C@H](CO)C(O)C3O)c2N=CN1OCc1ccc(F)cc1. The van der Waals surface area contributed by atoms with Crippen molar-refractivity contribution in [1.29, 1.82) is 0 Å². The van der Waals surface area contributed by atoms with Crippen molar-refractivity contribution in [1.82, 2.24) is 14.6 Å². The number of nitrogens with two attached hydrogens (primary N) is 1. The van der Waals surface area contributed by atoms with E-state index in [1.54, 1.807) is 12.1 Å². The molecule has 0 radical (unpaired) electrons. The number of hydrogen-bond acceptors (Lipinski definition) is 9. The zero-order valence-corrected chi connectivity index (χ0v) is 14.7. The van der Waals surface area contributed by atoms with E-state index in [2.05, 4.69) is 9.98 Å². The van der Waals surface area contributed by atoms with Crippen LogP contribution >= 0.6 is 0 Å². The van der Waals surface area contributed by atoms with Crippen molar-refractivity contribution < 1.29 is 29.3 Å². The van der Waals surface area contributed by atoms with Gasteiger partial charge in [-0.2, -0.15) is 0 Å². The highest BCUT2D eigenvalue weighted by Gasteiger charge is 2.44. The highest BCUT2D eigenvalue weighted by molar-refractivity contribution is 5.64. The molecule has 0 amide bonds. The van der Waals surface area contributed by atoms with Gasteiger partial charge in [0.15, 0.2) is 18.2 Å². The molecular weight excluding hydrogens is 373 g/mol. The van der Waals surface area contributed by atoms with Crippen molar-refractivity contribution in [3.63, 3.8) is 0 Å². The molecule has 10 nitrogen and oxygen atoms in total. The van der Waals surface area contributed by atoms with Crippen molar-refractivity contribution in [2.75, 3.05) is 6.61 Å². The lowest BCUT2D eigenvalue weighted by molar-refractivity contribution is -0.136. The third-order valence-corrected chi connectivity index (χ3v) is 4.73. The fraction of sp³-hybridized carbons (Fsp3) is 0.412. The van der Waals surface area contributed by atoms with Crippen LogP contribution < -0.4 is 5.73 Å². The largest absolute Gasteiger partial charge is 0.394 e. The zero-order chi connectivity index (χ0) is 19.8. The van der Waals surface area contributed by atoms with E-state index in [9.17, 15) is 19.7 Å². The Morgan fingerprint density at radius 2 is 1.96 bits per heavy atom. The van der Waals surface area contributed by atoms with E-state index in [1.807, 2.05) is 0 Å². The summed E-state index contributed by atoms with van der Waals surface area (Å²) in [5.74, 6) is 0.0176. The molecule has 4 rings (SSSR count). The van der Waals surface area contributed by atoms with Crippen LogP contribution in [0, 0.1) is 5.82 Å². The minimum absolute atomic E-state index is 0.158. The summed E-state index contributed by atoms with van der Waals surface area (Å²) in [6.45, 7) is -0.274. The molecule has 0 bridgehead atoms. The number of hydrogen-bond donors (Lipinski definition) is 4. The van der Waals surface area contributed by atoms with Gasteiger partial charge < -0.3 is 25.8 Å². The Morgan fingerprint density at radius 3 is 2.64 bits per heavy atom. The number of rotatable bonds is 5. The number of aromatic nitrogens is 2. The van der Waals surface area contributed by atoms with Gasteiger partial charge in [0, 0.05) is 0 Å². The molecular formula is C17H20FN5O5. The smallest absolute Gasteiger partial charge is 0.165 e. The summed E-state index contributed by atoms with van der Waals surface area (Å²) in [5.41, 5.74) is 7.33. The van der Waals surface area contributed by atoms with E-state index in [4.69, 9.17) is 15.3 Å². The van der Waals surface area contributed by atoms with Crippen LogP contribution in [0.2, 0.25) is 0 Å². The van der Waals surface area contributed by atoms with Gasteiger partial charge in [-0.15, -0.1) is 0 Å². The molecule has 1 aromatic heterocycles. The van der Waals surface area contributed by atoms with Gasteiger partial charge in [-0.05, 0) is 17.7 Å². The second-order valence-electron chi connectivity index (χ2n) is 6.54. The van der Waals surface area contributed by atoms with E-state index in [1.165, 1.54) is 34.4 Å². The quantitative estimate of drug-likeness (QED) is 0.543. The molecule has 0 aliphatic carbocycles. The average molecular weight is 393 g/mol.